The lowest BCUT2D eigenvalue weighted by atomic mass is 10.1. The van der Waals surface area contributed by atoms with Gasteiger partial charge in [-0.15, -0.1) is 0 Å². The van der Waals surface area contributed by atoms with Crippen molar-refractivity contribution in [1.82, 2.24) is 9.97 Å². The Balaban J connectivity index is 1.65. The first-order chi connectivity index (χ1) is 9.31. The topological polar surface area (TPSA) is 38.2 Å². The second-order valence-electron chi connectivity index (χ2n) is 6.17. The van der Waals surface area contributed by atoms with Crippen molar-refractivity contribution in [3.63, 3.8) is 0 Å². The first kappa shape index (κ1) is 11.6. The fraction of sp³-hybridized carbons (Fsp3) is 0.733. The number of anilines is 1. The summed E-state index contributed by atoms with van der Waals surface area (Å²) in [6, 6.07) is 2.68. The number of nitrogens with zero attached hydrogens (tertiary/aromatic N) is 3. The predicted octanol–water partition coefficient (Wildman–Crippen LogP) is 2.28. The fourth-order valence-electron chi connectivity index (χ4n) is 3.02. The summed E-state index contributed by atoms with van der Waals surface area (Å²) in [5, 5.41) is 0. The molecule has 0 radical (unpaired) electrons. The van der Waals surface area contributed by atoms with E-state index in [1.165, 1.54) is 25.7 Å². The normalized spacial score (nSPS) is 27.6. The maximum Gasteiger partial charge on any atom is 0.134 e. The number of ether oxygens (including phenoxy) is 1. The molecule has 4 nitrogen and oxygen atoms in total. The molecule has 3 aliphatic rings. The van der Waals surface area contributed by atoms with Crippen molar-refractivity contribution in [2.24, 2.45) is 5.92 Å². The van der Waals surface area contributed by atoms with Crippen molar-refractivity contribution in [1.29, 1.82) is 0 Å². The molecule has 1 aliphatic heterocycles. The highest BCUT2D eigenvalue weighted by atomic mass is 16.5. The van der Waals surface area contributed by atoms with Crippen LogP contribution in [0.2, 0.25) is 0 Å². The number of aromatic nitrogens is 2. The molecule has 1 aromatic rings. The Hall–Kier alpha value is -1.16. The Morgan fingerprint density at radius 2 is 2.05 bits per heavy atom. The Morgan fingerprint density at radius 3 is 2.79 bits per heavy atom. The molecule has 0 bridgehead atoms. The van der Waals surface area contributed by atoms with Gasteiger partial charge in [-0.2, -0.15) is 0 Å². The molecule has 19 heavy (non-hydrogen) atoms. The maximum absolute atomic E-state index is 5.67. The molecule has 1 saturated heterocycles. The van der Waals surface area contributed by atoms with Crippen LogP contribution < -0.4 is 4.90 Å². The largest absolute Gasteiger partial charge is 0.377 e. The molecule has 3 fully saturated rings. The minimum absolute atomic E-state index is 0.537. The predicted molar refractivity (Wildman–Crippen MR) is 73.4 cm³/mol. The molecule has 2 saturated carbocycles. The van der Waals surface area contributed by atoms with E-state index in [0.717, 1.165) is 43.0 Å². The van der Waals surface area contributed by atoms with Crippen molar-refractivity contribution >= 4 is 5.82 Å². The Labute approximate surface area is 114 Å². The van der Waals surface area contributed by atoms with Crippen LogP contribution in [0.4, 0.5) is 5.82 Å². The lowest BCUT2D eigenvalue weighted by Gasteiger charge is -2.37. The van der Waals surface area contributed by atoms with E-state index in [9.17, 15) is 0 Å². The van der Waals surface area contributed by atoms with Gasteiger partial charge in [0.1, 0.15) is 11.6 Å². The molecule has 0 spiro atoms. The van der Waals surface area contributed by atoms with Crippen LogP contribution in [-0.2, 0) is 4.74 Å². The van der Waals surface area contributed by atoms with Crippen molar-refractivity contribution in [3.05, 3.63) is 17.6 Å². The number of rotatable bonds is 3. The Morgan fingerprint density at radius 1 is 1.21 bits per heavy atom. The minimum Gasteiger partial charge on any atom is -0.377 e. The molecule has 1 atom stereocenters. The van der Waals surface area contributed by atoms with Crippen molar-refractivity contribution in [3.8, 4) is 0 Å². The quantitative estimate of drug-likeness (QED) is 0.834. The van der Waals surface area contributed by atoms with E-state index >= 15 is 0 Å². The summed E-state index contributed by atoms with van der Waals surface area (Å²) < 4.78 is 5.67. The molecule has 102 valence electrons. The highest BCUT2D eigenvalue weighted by Crippen LogP contribution is 2.40. The van der Waals surface area contributed by atoms with Crippen LogP contribution in [0.5, 0.6) is 0 Å². The summed E-state index contributed by atoms with van der Waals surface area (Å²) in [5.74, 6) is 3.64. The summed E-state index contributed by atoms with van der Waals surface area (Å²) in [6.45, 7) is 4.75. The molecule has 2 heterocycles. The van der Waals surface area contributed by atoms with Crippen LogP contribution in [0.15, 0.2) is 6.07 Å². The van der Waals surface area contributed by atoms with Crippen molar-refractivity contribution in [2.45, 2.75) is 44.6 Å². The highest BCUT2D eigenvalue weighted by Gasteiger charge is 2.38. The summed E-state index contributed by atoms with van der Waals surface area (Å²) in [4.78, 5) is 11.9. The van der Waals surface area contributed by atoms with Gasteiger partial charge in [0, 0.05) is 24.2 Å². The smallest absolute Gasteiger partial charge is 0.134 e. The molecule has 4 heteroatoms. The third kappa shape index (κ3) is 2.34. The first-order valence-electron chi connectivity index (χ1n) is 7.51. The molecular formula is C15H21N3O. The van der Waals surface area contributed by atoms with E-state index in [1.807, 2.05) is 0 Å². The summed E-state index contributed by atoms with van der Waals surface area (Å²) >= 11 is 0. The summed E-state index contributed by atoms with van der Waals surface area (Å²) in [6.07, 6.45) is 5.23. The molecule has 1 unspecified atom stereocenters. The van der Waals surface area contributed by atoms with E-state index in [-0.39, 0.29) is 0 Å². The van der Waals surface area contributed by atoms with E-state index in [2.05, 4.69) is 22.9 Å². The van der Waals surface area contributed by atoms with Crippen LogP contribution in [0.25, 0.3) is 0 Å². The van der Waals surface area contributed by atoms with Crippen LogP contribution in [0, 0.1) is 12.8 Å². The van der Waals surface area contributed by atoms with E-state index < -0.39 is 0 Å². The van der Waals surface area contributed by atoms with Gasteiger partial charge in [0.05, 0.1) is 19.3 Å². The van der Waals surface area contributed by atoms with Gasteiger partial charge in [-0.3, -0.25) is 0 Å². The monoisotopic (exact) mass is 259 g/mol. The average molecular weight is 259 g/mol. The zero-order valence-corrected chi connectivity index (χ0v) is 11.5. The third-order valence-electron chi connectivity index (χ3n) is 4.43. The standard InChI is InChI=1S/C15H21N3O/c1-10-8-14(17-15(16-10)12-4-5-12)18-6-7-19-9-13(18)11-2-3-11/h8,11-13H,2-7,9H2,1H3. The van der Waals surface area contributed by atoms with Crippen LogP contribution in [0.1, 0.15) is 43.1 Å². The van der Waals surface area contributed by atoms with Crippen molar-refractivity contribution < 1.29 is 4.74 Å². The van der Waals surface area contributed by atoms with Gasteiger partial charge in [-0.05, 0) is 38.5 Å². The van der Waals surface area contributed by atoms with Gasteiger partial charge in [0.2, 0.25) is 0 Å². The second kappa shape index (κ2) is 4.44. The molecule has 1 aromatic heterocycles. The Bertz CT molecular complexity index is 482. The molecule has 0 aromatic carbocycles. The second-order valence-corrected chi connectivity index (χ2v) is 6.17. The lowest BCUT2D eigenvalue weighted by molar-refractivity contribution is 0.0874. The van der Waals surface area contributed by atoms with Gasteiger partial charge < -0.3 is 9.64 Å². The first-order valence-corrected chi connectivity index (χ1v) is 7.51. The van der Waals surface area contributed by atoms with Gasteiger partial charge in [-0.25, -0.2) is 9.97 Å². The number of hydrogen-bond donors (Lipinski definition) is 0. The fourth-order valence-corrected chi connectivity index (χ4v) is 3.02. The molecule has 0 N–H and O–H groups in total. The SMILES string of the molecule is Cc1cc(N2CCOCC2C2CC2)nc(C2CC2)n1. The van der Waals surface area contributed by atoms with E-state index in [4.69, 9.17) is 9.72 Å². The molecular weight excluding hydrogens is 238 g/mol. The van der Waals surface area contributed by atoms with E-state index in [0.29, 0.717) is 12.0 Å². The number of hydrogen-bond acceptors (Lipinski definition) is 4. The lowest BCUT2D eigenvalue weighted by Crippen LogP contribution is -2.47. The molecule has 4 rings (SSSR count). The minimum atomic E-state index is 0.537. The van der Waals surface area contributed by atoms with Crippen LogP contribution in [0.3, 0.4) is 0 Å². The maximum atomic E-state index is 5.67. The number of morpholine rings is 1. The third-order valence-corrected chi connectivity index (χ3v) is 4.43. The van der Waals surface area contributed by atoms with Gasteiger partial charge in [0.25, 0.3) is 0 Å². The van der Waals surface area contributed by atoms with Crippen molar-refractivity contribution in [2.75, 3.05) is 24.7 Å². The molecule has 0 amide bonds. The summed E-state index contributed by atoms with van der Waals surface area (Å²) in [7, 11) is 0. The molecule has 2 aliphatic carbocycles. The average Bonchev–Trinajstić information content (AvgIpc) is 3.31. The zero-order valence-electron chi connectivity index (χ0n) is 11.5. The van der Waals surface area contributed by atoms with Crippen LogP contribution in [-0.4, -0.2) is 35.8 Å². The zero-order chi connectivity index (χ0) is 12.8. The number of aryl methyl sites for hydroxylation is 1. The van der Waals surface area contributed by atoms with Gasteiger partial charge in [-0.1, -0.05) is 0 Å². The van der Waals surface area contributed by atoms with E-state index in [1.54, 1.807) is 0 Å². The Kier molecular flexibility index (Phi) is 2.72. The highest BCUT2D eigenvalue weighted by molar-refractivity contribution is 5.43. The van der Waals surface area contributed by atoms with Crippen LogP contribution >= 0.6 is 0 Å². The van der Waals surface area contributed by atoms with Gasteiger partial charge >= 0.3 is 0 Å². The van der Waals surface area contributed by atoms with Gasteiger partial charge in [0.15, 0.2) is 0 Å². The summed E-state index contributed by atoms with van der Waals surface area (Å²) in [5.41, 5.74) is 1.10.